The molecule has 0 amide bonds. The van der Waals surface area contributed by atoms with E-state index in [4.69, 9.17) is 5.26 Å². The molecule has 24 heavy (non-hydrogen) atoms. The molecule has 0 saturated heterocycles. The lowest BCUT2D eigenvalue weighted by Crippen LogP contribution is -2.40. The first kappa shape index (κ1) is 20.6. The summed E-state index contributed by atoms with van der Waals surface area (Å²) in [6.45, 7) is 13.4. The molecule has 0 bridgehead atoms. The van der Waals surface area contributed by atoms with E-state index in [1.54, 1.807) is 29.4 Å². The van der Waals surface area contributed by atoms with Crippen molar-refractivity contribution >= 4 is 10.0 Å². The first-order valence-corrected chi connectivity index (χ1v) is 9.93. The standard InChI is InChI=1S/C18H29N3O2S/c1-6-20(7-2)10-11-21(14-15(3)4)24(22,23)18-9-8-17(13-19)12-16(18)5/h8-9,12,15H,6-7,10-11,14H2,1-5H3. The SMILES string of the molecule is CCN(CC)CCN(CC(C)C)S(=O)(=O)c1ccc(C#N)cc1C. The molecule has 1 aromatic rings. The molecule has 0 N–H and O–H groups in total. The predicted octanol–water partition coefficient (Wildman–Crippen LogP) is 2.86. The van der Waals surface area contributed by atoms with Crippen LogP contribution in [-0.4, -0.2) is 50.3 Å². The largest absolute Gasteiger partial charge is 0.303 e. The second kappa shape index (κ2) is 9.16. The van der Waals surface area contributed by atoms with Crippen LogP contribution >= 0.6 is 0 Å². The molecule has 1 aromatic carbocycles. The van der Waals surface area contributed by atoms with E-state index >= 15 is 0 Å². The summed E-state index contributed by atoms with van der Waals surface area (Å²) in [5.41, 5.74) is 1.09. The molecule has 0 fully saturated rings. The highest BCUT2D eigenvalue weighted by molar-refractivity contribution is 7.89. The topological polar surface area (TPSA) is 64.4 Å². The summed E-state index contributed by atoms with van der Waals surface area (Å²) >= 11 is 0. The number of rotatable bonds is 9. The van der Waals surface area contributed by atoms with Crippen molar-refractivity contribution in [1.82, 2.24) is 9.21 Å². The quantitative estimate of drug-likeness (QED) is 0.686. The summed E-state index contributed by atoms with van der Waals surface area (Å²) in [5.74, 6) is 0.246. The third-order valence-corrected chi connectivity index (χ3v) is 6.08. The summed E-state index contributed by atoms with van der Waals surface area (Å²) in [6, 6.07) is 6.79. The Bertz CT molecular complexity index is 674. The lowest BCUT2D eigenvalue weighted by atomic mass is 10.2. The first-order valence-electron chi connectivity index (χ1n) is 8.49. The zero-order chi connectivity index (χ0) is 18.3. The Morgan fingerprint density at radius 3 is 2.25 bits per heavy atom. The molecule has 0 unspecified atom stereocenters. The van der Waals surface area contributed by atoms with E-state index in [0.29, 0.717) is 35.7 Å². The molecule has 0 heterocycles. The van der Waals surface area contributed by atoms with Gasteiger partial charge >= 0.3 is 0 Å². The molecular weight excluding hydrogens is 322 g/mol. The molecule has 0 aliphatic heterocycles. The number of likely N-dealkylation sites (N-methyl/N-ethyl adjacent to an activating group) is 1. The average molecular weight is 352 g/mol. The van der Waals surface area contributed by atoms with Gasteiger partial charge in [0.2, 0.25) is 10.0 Å². The van der Waals surface area contributed by atoms with Crippen LogP contribution in [0.4, 0.5) is 0 Å². The molecule has 0 aliphatic rings. The van der Waals surface area contributed by atoms with Crippen LogP contribution < -0.4 is 0 Å². The third kappa shape index (κ3) is 5.30. The number of benzene rings is 1. The minimum absolute atomic E-state index is 0.246. The van der Waals surface area contributed by atoms with Gasteiger partial charge in [-0.15, -0.1) is 0 Å². The highest BCUT2D eigenvalue weighted by Crippen LogP contribution is 2.22. The van der Waals surface area contributed by atoms with Crippen LogP contribution in [0.25, 0.3) is 0 Å². The zero-order valence-corrected chi connectivity index (χ0v) is 16.2. The molecule has 0 radical (unpaired) electrons. The Hall–Kier alpha value is -1.42. The van der Waals surface area contributed by atoms with Crippen molar-refractivity contribution in [3.05, 3.63) is 29.3 Å². The van der Waals surface area contributed by atoms with Gasteiger partial charge in [0.05, 0.1) is 16.5 Å². The van der Waals surface area contributed by atoms with Crippen LogP contribution in [0, 0.1) is 24.2 Å². The van der Waals surface area contributed by atoms with Crippen LogP contribution in [0.15, 0.2) is 23.1 Å². The second-order valence-corrected chi connectivity index (χ2v) is 8.28. The van der Waals surface area contributed by atoms with Crippen LogP contribution in [0.3, 0.4) is 0 Å². The van der Waals surface area contributed by atoms with E-state index in [2.05, 4.69) is 18.7 Å². The molecule has 0 atom stereocenters. The van der Waals surface area contributed by atoms with Gasteiger partial charge in [0.15, 0.2) is 0 Å². The van der Waals surface area contributed by atoms with Gasteiger partial charge in [-0.25, -0.2) is 8.42 Å². The lowest BCUT2D eigenvalue weighted by molar-refractivity contribution is 0.262. The Morgan fingerprint density at radius 1 is 1.17 bits per heavy atom. The van der Waals surface area contributed by atoms with Gasteiger partial charge < -0.3 is 4.90 Å². The average Bonchev–Trinajstić information content (AvgIpc) is 2.53. The van der Waals surface area contributed by atoms with Gasteiger partial charge in [-0.05, 0) is 49.7 Å². The van der Waals surface area contributed by atoms with Crippen LogP contribution in [0.2, 0.25) is 0 Å². The van der Waals surface area contributed by atoms with Crippen molar-refractivity contribution < 1.29 is 8.42 Å². The molecule has 0 aliphatic carbocycles. The van der Waals surface area contributed by atoms with Crippen molar-refractivity contribution in [2.45, 2.75) is 39.5 Å². The maximum atomic E-state index is 13.1. The molecule has 1 rings (SSSR count). The number of nitriles is 1. The lowest BCUT2D eigenvalue weighted by Gasteiger charge is -2.27. The Balaban J connectivity index is 3.13. The predicted molar refractivity (Wildman–Crippen MR) is 97.3 cm³/mol. The number of sulfonamides is 1. The fourth-order valence-electron chi connectivity index (χ4n) is 2.66. The van der Waals surface area contributed by atoms with Gasteiger partial charge in [0.25, 0.3) is 0 Å². The van der Waals surface area contributed by atoms with Crippen molar-refractivity contribution in [1.29, 1.82) is 5.26 Å². The fourth-order valence-corrected chi connectivity index (χ4v) is 4.46. The van der Waals surface area contributed by atoms with Crippen molar-refractivity contribution in [3.63, 3.8) is 0 Å². The highest BCUT2D eigenvalue weighted by atomic mass is 32.2. The maximum Gasteiger partial charge on any atom is 0.243 e. The molecular formula is C18H29N3O2S. The molecule has 0 saturated carbocycles. The number of aryl methyl sites for hydroxylation is 1. The van der Waals surface area contributed by atoms with E-state index in [1.807, 2.05) is 19.9 Å². The number of nitrogens with zero attached hydrogens (tertiary/aromatic N) is 3. The highest BCUT2D eigenvalue weighted by Gasteiger charge is 2.27. The number of hydrogen-bond acceptors (Lipinski definition) is 4. The summed E-state index contributed by atoms with van der Waals surface area (Å²) in [4.78, 5) is 2.51. The second-order valence-electron chi connectivity index (χ2n) is 6.38. The van der Waals surface area contributed by atoms with Crippen LogP contribution in [0.5, 0.6) is 0 Å². The van der Waals surface area contributed by atoms with Gasteiger partial charge in [-0.2, -0.15) is 9.57 Å². The molecule has 134 valence electrons. The van der Waals surface area contributed by atoms with E-state index in [0.717, 1.165) is 13.1 Å². The van der Waals surface area contributed by atoms with Gasteiger partial charge in [0.1, 0.15) is 0 Å². The van der Waals surface area contributed by atoms with Crippen molar-refractivity contribution in [2.24, 2.45) is 5.92 Å². The van der Waals surface area contributed by atoms with Gasteiger partial charge in [-0.3, -0.25) is 0 Å². The summed E-state index contributed by atoms with van der Waals surface area (Å²) in [6.07, 6.45) is 0. The normalized spacial score (nSPS) is 12.1. The zero-order valence-electron chi connectivity index (χ0n) is 15.4. The minimum atomic E-state index is -3.57. The number of hydrogen-bond donors (Lipinski definition) is 0. The molecule has 5 nitrogen and oxygen atoms in total. The summed E-state index contributed by atoms with van der Waals surface area (Å²) in [5, 5.41) is 8.97. The monoisotopic (exact) mass is 351 g/mol. The first-order chi connectivity index (χ1) is 11.3. The molecule has 6 heteroatoms. The molecule has 0 aromatic heterocycles. The summed E-state index contributed by atoms with van der Waals surface area (Å²) < 4.78 is 27.8. The Kier molecular flexibility index (Phi) is 7.88. The molecule has 0 spiro atoms. The minimum Gasteiger partial charge on any atom is -0.303 e. The summed E-state index contributed by atoms with van der Waals surface area (Å²) in [7, 11) is -3.57. The van der Waals surface area contributed by atoms with Crippen molar-refractivity contribution in [3.8, 4) is 6.07 Å². The smallest absolute Gasteiger partial charge is 0.243 e. The van der Waals surface area contributed by atoms with E-state index in [9.17, 15) is 8.42 Å². The maximum absolute atomic E-state index is 13.1. The van der Waals surface area contributed by atoms with Gasteiger partial charge in [0, 0.05) is 19.6 Å². The Morgan fingerprint density at radius 2 is 1.79 bits per heavy atom. The van der Waals surface area contributed by atoms with E-state index < -0.39 is 10.0 Å². The van der Waals surface area contributed by atoms with E-state index in [-0.39, 0.29) is 5.92 Å². The van der Waals surface area contributed by atoms with Gasteiger partial charge in [-0.1, -0.05) is 27.7 Å². The van der Waals surface area contributed by atoms with E-state index in [1.165, 1.54) is 0 Å². The Labute approximate surface area is 146 Å². The van der Waals surface area contributed by atoms with Crippen LogP contribution in [0.1, 0.15) is 38.8 Å². The fraction of sp³-hybridized carbons (Fsp3) is 0.611. The van der Waals surface area contributed by atoms with Crippen LogP contribution in [-0.2, 0) is 10.0 Å². The van der Waals surface area contributed by atoms with Crippen molar-refractivity contribution in [2.75, 3.05) is 32.7 Å². The third-order valence-electron chi connectivity index (χ3n) is 4.05.